The molecule has 3 N–H and O–H groups in total. The van der Waals surface area contributed by atoms with E-state index in [-0.39, 0.29) is 23.6 Å². The number of nitrogens with one attached hydrogen (secondary N) is 3. The summed E-state index contributed by atoms with van der Waals surface area (Å²) in [6.07, 6.45) is 3.42. The van der Waals surface area contributed by atoms with E-state index >= 15 is 0 Å². The van der Waals surface area contributed by atoms with Gasteiger partial charge in [-0.25, -0.2) is 9.97 Å². The summed E-state index contributed by atoms with van der Waals surface area (Å²) in [5.74, 6) is -2.25. The lowest BCUT2D eigenvalue weighted by Gasteiger charge is -2.37. The van der Waals surface area contributed by atoms with Crippen LogP contribution in [0.3, 0.4) is 0 Å². The summed E-state index contributed by atoms with van der Waals surface area (Å²) < 4.78 is 0. The first-order valence-corrected chi connectivity index (χ1v) is 13.2. The Morgan fingerprint density at radius 2 is 1.89 bits per heavy atom. The number of aromatic nitrogens is 2. The Morgan fingerprint density at radius 1 is 1.11 bits per heavy atom. The molecule has 2 aliphatic rings. The van der Waals surface area contributed by atoms with Gasteiger partial charge < -0.3 is 25.8 Å². The van der Waals surface area contributed by atoms with E-state index in [9.17, 15) is 19.2 Å². The molecule has 4 rings (SSSR count). The number of anilines is 1. The molecule has 1 fully saturated rings. The molecule has 2 aromatic heterocycles. The van der Waals surface area contributed by atoms with Crippen LogP contribution in [-0.4, -0.2) is 83.2 Å². The Morgan fingerprint density at radius 3 is 2.59 bits per heavy atom. The highest BCUT2D eigenvalue weighted by molar-refractivity contribution is 7.13. The fraction of sp³-hybridized carbons (Fsp3) is 0.500. The summed E-state index contributed by atoms with van der Waals surface area (Å²) in [5, 5.41) is 8.91. The van der Waals surface area contributed by atoms with E-state index in [1.807, 2.05) is 7.05 Å². The fourth-order valence-electron chi connectivity index (χ4n) is 4.60. The van der Waals surface area contributed by atoms with Crippen LogP contribution in [0.5, 0.6) is 0 Å². The number of halogens is 1. The Kier molecular flexibility index (Phi) is 8.40. The van der Waals surface area contributed by atoms with Crippen LogP contribution in [0, 0.1) is 5.92 Å². The predicted octanol–water partition coefficient (Wildman–Crippen LogP) is 1.29. The quantitative estimate of drug-likeness (QED) is 0.480. The van der Waals surface area contributed by atoms with Crippen molar-refractivity contribution in [1.82, 2.24) is 30.4 Å². The minimum absolute atomic E-state index is 0.0386. The van der Waals surface area contributed by atoms with Gasteiger partial charge in [0.2, 0.25) is 5.91 Å². The van der Waals surface area contributed by atoms with Crippen LogP contribution in [0.15, 0.2) is 18.3 Å². The van der Waals surface area contributed by atoms with Crippen molar-refractivity contribution in [3.8, 4) is 0 Å². The van der Waals surface area contributed by atoms with Crippen molar-refractivity contribution in [3.05, 3.63) is 38.9 Å². The van der Waals surface area contributed by atoms with Crippen molar-refractivity contribution in [1.29, 1.82) is 0 Å². The molecule has 1 aliphatic carbocycles. The van der Waals surface area contributed by atoms with E-state index in [0.717, 1.165) is 30.1 Å². The van der Waals surface area contributed by atoms with Gasteiger partial charge in [0.15, 0.2) is 5.01 Å². The Labute approximate surface area is 224 Å². The van der Waals surface area contributed by atoms with Crippen molar-refractivity contribution in [2.45, 2.75) is 44.3 Å². The van der Waals surface area contributed by atoms with E-state index in [1.165, 1.54) is 28.5 Å². The molecule has 0 unspecified atom stereocenters. The molecule has 0 radical (unpaired) electrons. The lowest BCUT2D eigenvalue weighted by atomic mass is 9.81. The normalized spacial score (nSPS) is 21.5. The molecule has 1 aliphatic heterocycles. The Balaban J connectivity index is 1.45. The highest BCUT2D eigenvalue weighted by atomic mass is 35.5. The molecule has 13 heteroatoms. The molecule has 0 bridgehead atoms. The number of nitrogens with zero attached hydrogens (tertiary/aromatic N) is 4. The zero-order valence-electron chi connectivity index (χ0n) is 20.9. The van der Waals surface area contributed by atoms with Crippen molar-refractivity contribution < 1.29 is 19.2 Å². The molecule has 198 valence electrons. The number of carbonyl (C=O) groups is 4. The Hall–Kier alpha value is -3.09. The number of amides is 4. The van der Waals surface area contributed by atoms with E-state index in [1.54, 1.807) is 20.2 Å². The van der Waals surface area contributed by atoms with Crippen molar-refractivity contribution >= 4 is 52.4 Å². The van der Waals surface area contributed by atoms with E-state index in [2.05, 4.69) is 30.8 Å². The van der Waals surface area contributed by atoms with Crippen LogP contribution < -0.4 is 16.0 Å². The first-order chi connectivity index (χ1) is 17.6. The maximum atomic E-state index is 13.2. The fourth-order valence-corrected chi connectivity index (χ4v) is 5.80. The number of hydrogen-bond donors (Lipinski definition) is 3. The topological polar surface area (TPSA) is 137 Å². The largest absolute Gasteiger partial charge is 0.349 e. The standard InChI is InChI=1S/C24H30ClN7O4S/c1-31(2)24(36)13-4-6-15(27-20(33)21(34)30-19-7-5-14(25)11-26-19)17(10-13)28-22(35)23-29-16-8-9-32(3)12-18(16)37-23/h5,7,11,13,15,17H,4,6,8-10,12H2,1-3H3,(H,27,33)(H,28,35)(H,26,30,34)/t13-,15+,17-/m0/s1. The van der Waals surface area contributed by atoms with Gasteiger partial charge in [-0.2, -0.15) is 0 Å². The number of fused-ring (bicyclic) bond motifs is 1. The number of likely N-dealkylation sites (N-methyl/N-ethyl adjacent to an activating group) is 1. The maximum Gasteiger partial charge on any atom is 0.314 e. The van der Waals surface area contributed by atoms with Crippen molar-refractivity contribution in [3.63, 3.8) is 0 Å². The first-order valence-electron chi connectivity index (χ1n) is 12.0. The predicted molar refractivity (Wildman–Crippen MR) is 139 cm³/mol. The molecule has 0 saturated heterocycles. The minimum Gasteiger partial charge on any atom is -0.349 e. The average Bonchev–Trinajstić information content (AvgIpc) is 3.29. The highest BCUT2D eigenvalue weighted by Crippen LogP contribution is 2.28. The zero-order valence-corrected chi connectivity index (χ0v) is 22.5. The third-order valence-corrected chi connectivity index (χ3v) is 7.87. The number of carbonyl (C=O) groups excluding carboxylic acids is 4. The zero-order chi connectivity index (χ0) is 26.7. The van der Waals surface area contributed by atoms with Crippen LogP contribution in [0.2, 0.25) is 5.02 Å². The second-order valence-corrected chi connectivity index (χ2v) is 11.1. The highest BCUT2D eigenvalue weighted by Gasteiger charge is 2.37. The molecule has 0 aromatic carbocycles. The van der Waals surface area contributed by atoms with Crippen LogP contribution >= 0.6 is 22.9 Å². The number of rotatable bonds is 5. The van der Waals surface area contributed by atoms with Gasteiger partial charge >= 0.3 is 11.8 Å². The smallest absolute Gasteiger partial charge is 0.314 e. The SMILES string of the molecule is CN1CCc2nc(C(=O)N[C@H]3C[C@@H](C(=O)N(C)C)CC[C@H]3NC(=O)C(=O)Nc3ccc(Cl)cn3)sc2C1. The van der Waals surface area contributed by atoms with Gasteiger partial charge in [-0.05, 0) is 38.4 Å². The average molecular weight is 548 g/mol. The van der Waals surface area contributed by atoms with E-state index < -0.39 is 23.9 Å². The monoisotopic (exact) mass is 547 g/mol. The van der Waals surface area contributed by atoms with Gasteiger partial charge in [0.1, 0.15) is 5.82 Å². The Bertz CT molecular complexity index is 1190. The molecule has 4 amide bonds. The number of thiazole rings is 1. The van der Waals surface area contributed by atoms with Crippen LogP contribution in [-0.2, 0) is 27.3 Å². The summed E-state index contributed by atoms with van der Waals surface area (Å²) in [4.78, 5) is 64.3. The van der Waals surface area contributed by atoms with Crippen molar-refractivity contribution in [2.24, 2.45) is 5.92 Å². The summed E-state index contributed by atoms with van der Waals surface area (Å²) in [7, 11) is 5.41. The summed E-state index contributed by atoms with van der Waals surface area (Å²) in [5.41, 5.74) is 0.940. The third kappa shape index (κ3) is 6.62. The number of hydrogen-bond acceptors (Lipinski definition) is 8. The molecule has 37 heavy (non-hydrogen) atoms. The minimum atomic E-state index is -0.886. The molecule has 0 spiro atoms. The molecule has 3 atom stereocenters. The van der Waals surface area contributed by atoms with Crippen molar-refractivity contribution in [2.75, 3.05) is 33.0 Å². The van der Waals surface area contributed by atoms with Crippen LogP contribution in [0.1, 0.15) is 39.6 Å². The van der Waals surface area contributed by atoms with Crippen LogP contribution in [0.4, 0.5) is 5.82 Å². The molecule has 3 heterocycles. The molecular weight excluding hydrogens is 518 g/mol. The van der Waals surface area contributed by atoms with Gasteiger partial charge in [-0.1, -0.05) is 11.6 Å². The maximum absolute atomic E-state index is 13.2. The lowest BCUT2D eigenvalue weighted by molar-refractivity contribution is -0.137. The third-order valence-electron chi connectivity index (χ3n) is 6.56. The summed E-state index contributed by atoms with van der Waals surface area (Å²) in [6, 6.07) is 1.95. The first kappa shape index (κ1) is 27.0. The molecular formula is C24H30ClN7O4S. The van der Waals surface area contributed by atoms with E-state index in [0.29, 0.717) is 29.3 Å². The van der Waals surface area contributed by atoms with E-state index in [4.69, 9.17) is 11.6 Å². The summed E-state index contributed by atoms with van der Waals surface area (Å²) in [6.45, 7) is 1.63. The second-order valence-electron chi connectivity index (χ2n) is 9.60. The second kappa shape index (κ2) is 11.5. The van der Waals surface area contributed by atoms with Gasteiger partial charge in [-0.15, -0.1) is 11.3 Å². The van der Waals surface area contributed by atoms with Gasteiger partial charge in [0, 0.05) is 56.6 Å². The summed E-state index contributed by atoms with van der Waals surface area (Å²) >= 11 is 7.17. The molecule has 11 nitrogen and oxygen atoms in total. The van der Waals surface area contributed by atoms with Crippen LogP contribution in [0.25, 0.3) is 0 Å². The lowest BCUT2D eigenvalue weighted by Crippen LogP contribution is -2.57. The number of pyridine rings is 1. The molecule has 2 aromatic rings. The molecule has 1 saturated carbocycles. The van der Waals surface area contributed by atoms with Gasteiger partial charge in [-0.3, -0.25) is 19.2 Å². The van der Waals surface area contributed by atoms with Gasteiger partial charge in [0.05, 0.1) is 16.8 Å². The van der Waals surface area contributed by atoms with Gasteiger partial charge in [0.25, 0.3) is 5.91 Å².